The quantitative estimate of drug-likeness (QED) is 0.591. The number of fused-ring (bicyclic) bond motifs is 1. The highest BCUT2D eigenvalue weighted by molar-refractivity contribution is 7.17. The highest BCUT2D eigenvalue weighted by Crippen LogP contribution is 2.32. The molecule has 3 aromatic rings. The molecule has 0 amide bonds. The van der Waals surface area contributed by atoms with Gasteiger partial charge in [0, 0.05) is 37.4 Å². The lowest BCUT2D eigenvalue weighted by molar-refractivity contribution is -0.137. The molecule has 2 heterocycles. The minimum absolute atomic E-state index is 0.000569. The SMILES string of the molecule is COCCc1nc2scc(-c3cccc(OC)c3)c2c(=O)n1CCCC(=O)O. The number of nitrogens with zero attached hydrogens (tertiary/aromatic N) is 2. The first-order valence-corrected chi connectivity index (χ1v) is 9.79. The fraction of sp³-hybridized carbons (Fsp3) is 0.350. The number of carboxylic acids is 1. The predicted molar refractivity (Wildman–Crippen MR) is 108 cm³/mol. The van der Waals surface area contributed by atoms with Gasteiger partial charge in [-0.2, -0.15) is 0 Å². The Morgan fingerprint density at radius 2 is 2.14 bits per heavy atom. The maximum atomic E-state index is 13.3. The number of hydrogen-bond acceptors (Lipinski definition) is 6. The Hall–Kier alpha value is -2.71. The van der Waals surface area contributed by atoms with Crippen molar-refractivity contribution in [2.75, 3.05) is 20.8 Å². The molecule has 0 atom stereocenters. The summed E-state index contributed by atoms with van der Waals surface area (Å²) < 4.78 is 12.0. The van der Waals surface area contributed by atoms with Crippen molar-refractivity contribution in [3.63, 3.8) is 0 Å². The van der Waals surface area contributed by atoms with Gasteiger partial charge >= 0.3 is 5.97 Å². The van der Waals surface area contributed by atoms with Crippen LogP contribution in [-0.2, 0) is 22.5 Å². The average molecular weight is 402 g/mol. The van der Waals surface area contributed by atoms with Crippen LogP contribution in [0.2, 0.25) is 0 Å². The molecule has 148 valence electrons. The van der Waals surface area contributed by atoms with Gasteiger partial charge in [-0.1, -0.05) is 12.1 Å². The summed E-state index contributed by atoms with van der Waals surface area (Å²) in [6.45, 7) is 0.742. The van der Waals surface area contributed by atoms with E-state index in [1.165, 1.54) is 11.3 Å². The molecule has 0 aliphatic heterocycles. The number of ether oxygens (including phenoxy) is 2. The van der Waals surface area contributed by atoms with Gasteiger partial charge in [0.2, 0.25) is 0 Å². The average Bonchev–Trinajstić information content (AvgIpc) is 3.12. The Morgan fingerprint density at radius 1 is 1.32 bits per heavy atom. The van der Waals surface area contributed by atoms with Crippen LogP contribution < -0.4 is 10.3 Å². The number of hydrogen-bond donors (Lipinski definition) is 1. The lowest BCUT2D eigenvalue weighted by Gasteiger charge is -2.12. The van der Waals surface area contributed by atoms with Crippen molar-refractivity contribution in [1.29, 1.82) is 0 Å². The summed E-state index contributed by atoms with van der Waals surface area (Å²) in [6.07, 6.45) is 0.850. The summed E-state index contributed by atoms with van der Waals surface area (Å²) in [4.78, 5) is 29.5. The van der Waals surface area contributed by atoms with E-state index in [0.717, 1.165) is 11.1 Å². The van der Waals surface area contributed by atoms with Crippen LogP contribution in [0.15, 0.2) is 34.4 Å². The van der Waals surface area contributed by atoms with Crippen LogP contribution >= 0.6 is 11.3 Å². The molecule has 8 heteroatoms. The van der Waals surface area contributed by atoms with E-state index in [2.05, 4.69) is 4.98 Å². The monoisotopic (exact) mass is 402 g/mol. The van der Waals surface area contributed by atoms with E-state index in [-0.39, 0.29) is 12.0 Å². The minimum Gasteiger partial charge on any atom is -0.497 e. The fourth-order valence-electron chi connectivity index (χ4n) is 3.07. The van der Waals surface area contributed by atoms with Crippen LogP contribution in [-0.4, -0.2) is 41.5 Å². The van der Waals surface area contributed by atoms with Crippen molar-refractivity contribution >= 4 is 27.5 Å². The van der Waals surface area contributed by atoms with Crippen LogP contribution in [0.4, 0.5) is 0 Å². The first kappa shape index (κ1) is 20.0. The summed E-state index contributed by atoms with van der Waals surface area (Å²) in [5, 5.41) is 11.4. The largest absolute Gasteiger partial charge is 0.497 e. The van der Waals surface area contributed by atoms with E-state index in [4.69, 9.17) is 14.6 Å². The zero-order valence-electron chi connectivity index (χ0n) is 15.8. The number of aliphatic carboxylic acids is 1. The third-order valence-electron chi connectivity index (χ3n) is 4.46. The van der Waals surface area contributed by atoms with Gasteiger partial charge in [-0.25, -0.2) is 4.98 Å². The van der Waals surface area contributed by atoms with Crippen molar-refractivity contribution in [2.45, 2.75) is 25.8 Å². The van der Waals surface area contributed by atoms with Gasteiger partial charge < -0.3 is 14.6 Å². The van der Waals surface area contributed by atoms with Gasteiger partial charge in [-0.05, 0) is 24.1 Å². The Bertz CT molecular complexity index is 1040. The third kappa shape index (κ3) is 4.23. The standard InChI is InChI=1S/C20H22N2O5S/c1-26-10-8-16-21-19-18(20(25)22(16)9-4-7-17(23)24)15(12-28-19)13-5-3-6-14(11-13)27-2/h3,5-6,11-12H,4,7-10H2,1-2H3,(H,23,24). The molecule has 0 aliphatic rings. The van der Waals surface area contributed by atoms with Gasteiger partial charge in [0.05, 0.1) is 19.1 Å². The topological polar surface area (TPSA) is 90.7 Å². The Kier molecular flexibility index (Phi) is 6.43. The first-order chi connectivity index (χ1) is 13.5. The van der Waals surface area contributed by atoms with E-state index >= 15 is 0 Å². The normalized spacial score (nSPS) is 11.1. The molecule has 0 unspecified atom stereocenters. The molecule has 28 heavy (non-hydrogen) atoms. The zero-order valence-corrected chi connectivity index (χ0v) is 16.6. The van der Waals surface area contributed by atoms with E-state index in [1.807, 2.05) is 29.6 Å². The van der Waals surface area contributed by atoms with Crippen LogP contribution in [0.3, 0.4) is 0 Å². The molecular formula is C20H22N2O5S. The van der Waals surface area contributed by atoms with Crippen LogP contribution in [0.25, 0.3) is 21.3 Å². The number of rotatable bonds is 9. The number of carbonyl (C=O) groups is 1. The highest BCUT2D eigenvalue weighted by atomic mass is 32.1. The predicted octanol–water partition coefficient (Wildman–Crippen LogP) is 3.19. The van der Waals surface area contributed by atoms with E-state index in [1.54, 1.807) is 18.8 Å². The number of methoxy groups -OCH3 is 2. The van der Waals surface area contributed by atoms with Gasteiger partial charge in [0.25, 0.3) is 5.56 Å². The van der Waals surface area contributed by atoms with Crippen molar-refractivity contribution in [1.82, 2.24) is 9.55 Å². The van der Waals surface area contributed by atoms with Crippen molar-refractivity contribution in [3.8, 4) is 16.9 Å². The molecule has 0 bridgehead atoms. The van der Waals surface area contributed by atoms with Gasteiger partial charge in [0.15, 0.2) is 0 Å². The molecule has 1 N–H and O–H groups in total. The number of benzene rings is 1. The molecular weight excluding hydrogens is 380 g/mol. The van der Waals surface area contributed by atoms with Crippen molar-refractivity contribution in [2.24, 2.45) is 0 Å². The summed E-state index contributed by atoms with van der Waals surface area (Å²) in [5.41, 5.74) is 1.54. The van der Waals surface area contributed by atoms with Gasteiger partial charge in [-0.3, -0.25) is 14.2 Å². The summed E-state index contributed by atoms with van der Waals surface area (Å²) in [7, 11) is 3.20. The highest BCUT2D eigenvalue weighted by Gasteiger charge is 2.17. The Morgan fingerprint density at radius 3 is 2.86 bits per heavy atom. The fourth-order valence-corrected chi connectivity index (χ4v) is 4.03. The lowest BCUT2D eigenvalue weighted by Crippen LogP contribution is -2.26. The molecule has 7 nitrogen and oxygen atoms in total. The summed E-state index contributed by atoms with van der Waals surface area (Å²) in [5.74, 6) is 0.445. The molecule has 2 aromatic heterocycles. The Balaban J connectivity index is 2.11. The smallest absolute Gasteiger partial charge is 0.303 e. The molecule has 0 aliphatic carbocycles. The molecule has 0 saturated carbocycles. The van der Waals surface area contributed by atoms with Crippen LogP contribution in [0, 0.1) is 0 Å². The van der Waals surface area contributed by atoms with Crippen molar-refractivity contribution < 1.29 is 19.4 Å². The second-order valence-corrected chi connectivity index (χ2v) is 7.14. The molecule has 0 saturated heterocycles. The van der Waals surface area contributed by atoms with Gasteiger partial charge in [0.1, 0.15) is 16.4 Å². The van der Waals surface area contributed by atoms with E-state index in [9.17, 15) is 9.59 Å². The zero-order chi connectivity index (χ0) is 20.1. The maximum Gasteiger partial charge on any atom is 0.303 e. The number of aromatic nitrogens is 2. The summed E-state index contributed by atoms with van der Waals surface area (Å²) in [6, 6.07) is 7.54. The van der Waals surface area contributed by atoms with Crippen molar-refractivity contribution in [3.05, 3.63) is 45.8 Å². The number of thiophene rings is 1. The second-order valence-electron chi connectivity index (χ2n) is 6.29. The lowest BCUT2D eigenvalue weighted by atomic mass is 10.1. The molecule has 0 fully saturated rings. The van der Waals surface area contributed by atoms with Crippen LogP contribution in [0.5, 0.6) is 5.75 Å². The molecule has 1 aromatic carbocycles. The van der Waals surface area contributed by atoms with Gasteiger partial charge in [-0.15, -0.1) is 11.3 Å². The van der Waals surface area contributed by atoms with E-state index < -0.39 is 5.97 Å². The second kappa shape index (κ2) is 8.99. The molecule has 3 rings (SSSR count). The third-order valence-corrected chi connectivity index (χ3v) is 5.33. The minimum atomic E-state index is -0.881. The molecule has 0 spiro atoms. The summed E-state index contributed by atoms with van der Waals surface area (Å²) >= 11 is 1.42. The maximum absolute atomic E-state index is 13.3. The first-order valence-electron chi connectivity index (χ1n) is 8.91. The van der Waals surface area contributed by atoms with Crippen LogP contribution in [0.1, 0.15) is 18.7 Å². The Labute approximate surface area is 166 Å². The number of carboxylic acid groups (broad SMARTS) is 1. The molecule has 0 radical (unpaired) electrons. The van der Waals surface area contributed by atoms with E-state index in [0.29, 0.717) is 47.8 Å².